The standard InChI is InChI=1S/C20H21N3O4/c1-12-11-14(5-8-21-12)19(24)23-20-22-17-16(25-2)4-3-15(18(17)27-20)13-6-9-26-10-7-13/h3-5,8,11,13H,6-7,9-10H2,1-2H3,(H,22,23,24). The van der Waals surface area contributed by atoms with Crippen molar-refractivity contribution < 1.29 is 18.7 Å². The van der Waals surface area contributed by atoms with Crippen LogP contribution >= 0.6 is 0 Å². The van der Waals surface area contributed by atoms with E-state index in [0.29, 0.717) is 28.3 Å². The zero-order valence-corrected chi connectivity index (χ0v) is 15.3. The maximum Gasteiger partial charge on any atom is 0.302 e. The Labute approximate surface area is 156 Å². The van der Waals surface area contributed by atoms with Gasteiger partial charge in [0.15, 0.2) is 11.1 Å². The molecule has 7 nitrogen and oxygen atoms in total. The molecule has 0 spiro atoms. The molecule has 27 heavy (non-hydrogen) atoms. The second-order valence-electron chi connectivity index (χ2n) is 6.58. The second kappa shape index (κ2) is 7.36. The summed E-state index contributed by atoms with van der Waals surface area (Å²) >= 11 is 0. The molecule has 0 aliphatic carbocycles. The van der Waals surface area contributed by atoms with Crippen LogP contribution in [0.3, 0.4) is 0 Å². The van der Waals surface area contributed by atoms with E-state index in [1.54, 1.807) is 25.4 Å². The van der Waals surface area contributed by atoms with Crippen molar-refractivity contribution in [2.45, 2.75) is 25.7 Å². The number of nitrogens with zero attached hydrogens (tertiary/aromatic N) is 2. The number of ether oxygens (including phenoxy) is 2. The van der Waals surface area contributed by atoms with Gasteiger partial charge in [-0.3, -0.25) is 15.1 Å². The third kappa shape index (κ3) is 3.50. The van der Waals surface area contributed by atoms with Crippen molar-refractivity contribution in [3.63, 3.8) is 0 Å². The maximum atomic E-state index is 12.5. The lowest BCUT2D eigenvalue weighted by Crippen LogP contribution is -2.14. The van der Waals surface area contributed by atoms with Gasteiger partial charge in [-0.15, -0.1) is 0 Å². The number of oxazole rings is 1. The largest absolute Gasteiger partial charge is 0.494 e. The number of nitrogens with one attached hydrogen (secondary N) is 1. The summed E-state index contributed by atoms with van der Waals surface area (Å²) in [5.74, 6) is 0.662. The Balaban J connectivity index is 1.68. The Morgan fingerprint density at radius 1 is 1.26 bits per heavy atom. The molecule has 1 aliphatic heterocycles. The Morgan fingerprint density at radius 3 is 2.81 bits per heavy atom. The summed E-state index contributed by atoms with van der Waals surface area (Å²) in [4.78, 5) is 21.1. The summed E-state index contributed by atoms with van der Waals surface area (Å²) < 4.78 is 16.8. The number of pyridine rings is 1. The molecule has 0 unspecified atom stereocenters. The predicted octanol–water partition coefficient (Wildman–Crippen LogP) is 3.69. The van der Waals surface area contributed by atoms with Gasteiger partial charge in [0.2, 0.25) is 0 Å². The third-order valence-corrected chi connectivity index (χ3v) is 4.80. The molecule has 1 amide bonds. The van der Waals surface area contributed by atoms with Crippen LogP contribution in [0.25, 0.3) is 11.1 Å². The number of fused-ring (bicyclic) bond motifs is 1. The molecule has 1 fully saturated rings. The van der Waals surface area contributed by atoms with Crippen LogP contribution in [0.2, 0.25) is 0 Å². The van der Waals surface area contributed by atoms with Crippen LogP contribution in [-0.4, -0.2) is 36.2 Å². The Hall–Kier alpha value is -2.93. The van der Waals surface area contributed by atoms with E-state index in [9.17, 15) is 4.79 Å². The average molecular weight is 367 g/mol. The fourth-order valence-corrected chi connectivity index (χ4v) is 3.41. The SMILES string of the molecule is COc1ccc(C2CCOCC2)c2oc(NC(=O)c3ccnc(C)c3)nc12. The van der Waals surface area contributed by atoms with Gasteiger partial charge in [-0.2, -0.15) is 4.98 Å². The molecule has 2 aromatic heterocycles. The number of amides is 1. The monoisotopic (exact) mass is 367 g/mol. The van der Waals surface area contributed by atoms with E-state index < -0.39 is 0 Å². The molecular formula is C20H21N3O4. The number of benzene rings is 1. The van der Waals surface area contributed by atoms with E-state index in [4.69, 9.17) is 13.9 Å². The first-order valence-electron chi connectivity index (χ1n) is 8.95. The van der Waals surface area contributed by atoms with E-state index >= 15 is 0 Å². The second-order valence-corrected chi connectivity index (χ2v) is 6.58. The molecule has 0 atom stereocenters. The van der Waals surface area contributed by atoms with Gasteiger partial charge >= 0.3 is 6.01 Å². The number of carbonyl (C=O) groups excluding carboxylic acids is 1. The van der Waals surface area contributed by atoms with E-state index in [2.05, 4.69) is 15.3 Å². The predicted molar refractivity (Wildman–Crippen MR) is 100 cm³/mol. The van der Waals surface area contributed by atoms with Crippen molar-refractivity contribution in [3.05, 3.63) is 47.3 Å². The quantitative estimate of drug-likeness (QED) is 0.757. The summed E-state index contributed by atoms with van der Waals surface area (Å²) in [5, 5.41) is 2.73. The van der Waals surface area contributed by atoms with Gasteiger partial charge in [0.1, 0.15) is 5.75 Å². The summed E-state index contributed by atoms with van der Waals surface area (Å²) in [6.07, 6.45) is 3.46. The number of rotatable bonds is 4. The molecule has 140 valence electrons. The lowest BCUT2D eigenvalue weighted by Gasteiger charge is -2.22. The third-order valence-electron chi connectivity index (χ3n) is 4.80. The van der Waals surface area contributed by atoms with Gasteiger partial charge in [-0.1, -0.05) is 6.07 Å². The van der Waals surface area contributed by atoms with Crippen molar-refractivity contribution in [3.8, 4) is 5.75 Å². The Bertz CT molecular complexity index is 977. The average Bonchev–Trinajstić information content (AvgIpc) is 3.11. The molecule has 1 N–H and O–H groups in total. The molecule has 0 radical (unpaired) electrons. The van der Waals surface area contributed by atoms with Gasteiger partial charge in [-0.25, -0.2) is 0 Å². The van der Waals surface area contributed by atoms with Crippen LogP contribution in [0, 0.1) is 6.92 Å². The lowest BCUT2D eigenvalue weighted by molar-refractivity contribution is 0.0854. The molecule has 0 saturated carbocycles. The minimum atomic E-state index is -0.293. The van der Waals surface area contributed by atoms with Crippen LogP contribution in [0.5, 0.6) is 5.75 Å². The number of aryl methyl sites for hydroxylation is 1. The minimum absolute atomic E-state index is 0.155. The highest BCUT2D eigenvalue weighted by atomic mass is 16.5. The number of carbonyl (C=O) groups is 1. The first-order chi connectivity index (χ1) is 13.2. The first kappa shape index (κ1) is 17.5. The zero-order chi connectivity index (χ0) is 18.8. The van der Waals surface area contributed by atoms with E-state index in [1.807, 2.05) is 19.1 Å². The molecule has 7 heteroatoms. The van der Waals surface area contributed by atoms with Crippen molar-refractivity contribution >= 4 is 23.0 Å². The molecule has 1 aromatic carbocycles. The van der Waals surface area contributed by atoms with Gasteiger partial charge in [0.05, 0.1) is 7.11 Å². The molecule has 1 aliphatic rings. The molecule has 1 saturated heterocycles. The number of aromatic nitrogens is 2. The highest BCUT2D eigenvalue weighted by Gasteiger charge is 2.23. The molecule has 4 rings (SSSR count). The highest BCUT2D eigenvalue weighted by molar-refractivity contribution is 6.03. The van der Waals surface area contributed by atoms with Crippen molar-refractivity contribution in [2.24, 2.45) is 0 Å². The van der Waals surface area contributed by atoms with Crippen LogP contribution in [0.4, 0.5) is 6.01 Å². The fourth-order valence-electron chi connectivity index (χ4n) is 3.41. The maximum absolute atomic E-state index is 12.5. The normalized spacial score (nSPS) is 15.0. The van der Waals surface area contributed by atoms with E-state index in [0.717, 1.165) is 37.3 Å². The summed E-state index contributed by atoms with van der Waals surface area (Å²) in [6.45, 7) is 3.30. The molecule has 3 aromatic rings. The molecule has 0 bridgehead atoms. The number of hydrogen-bond donors (Lipinski definition) is 1. The van der Waals surface area contributed by atoms with Crippen molar-refractivity contribution in [1.82, 2.24) is 9.97 Å². The summed E-state index contributed by atoms with van der Waals surface area (Å²) in [5.41, 5.74) is 3.61. The number of hydrogen-bond acceptors (Lipinski definition) is 6. The van der Waals surface area contributed by atoms with Crippen LogP contribution in [0.15, 0.2) is 34.9 Å². The van der Waals surface area contributed by atoms with Crippen LogP contribution in [-0.2, 0) is 4.74 Å². The Kier molecular flexibility index (Phi) is 4.77. The Morgan fingerprint density at radius 2 is 2.07 bits per heavy atom. The van der Waals surface area contributed by atoms with Gasteiger partial charge in [-0.05, 0) is 43.9 Å². The van der Waals surface area contributed by atoms with Crippen molar-refractivity contribution in [2.75, 3.05) is 25.6 Å². The molecular weight excluding hydrogens is 346 g/mol. The highest BCUT2D eigenvalue weighted by Crippen LogP contribution is 2.37. The van der Waals surface area contributed by atoms with Gasteiger partial charge < -0.3 is 13.9 Å². The van der Waals surface area contributed by atoms with E-state index in [-0.39, 0.29) is 11.9 Å². The first-order valence-corrected chi connectivity index (χ1v) is 8.95. The van der Waals surface area contributed by atoms with Gasteiger partial charge in [0.25, 0.3) is 5.91 Å². The zero-order valence-electron chi connectivity index (χ0n) is 15.3. The number of methoxy groups -OCH3 is 1. The molecule has 3 heterocycles. The lowest BCUT2D eigenvalue weighted by atomic mass is 9.91. The number of anilines is 1. The minimum Gasteiger partial charge on any atom is -0.494 e. The van der Waals surface area contributed by atoms with Gasteiger partial charge in [0, 0.05) is 36.2 Å². The van der Waals surface area contributed by atoms with Crippen molar-refractivity contribution in [1.29, 1.82) is 0 Å². The topological polar surface area (TPSA) is 86.5 Å². The van der Waals surface area contributed by atoms with Crippen LogP contribution < -0.4 is 10.1 Å². The summed E-state index contributed by atoms with van der Waals surface area (Å²) in [6, 6.07) is 7.43. The van der Waals surface area contributed by atoms with Crippen LogP contribution in [0.1, 0.15) is 40.4 Å². The smallest absolute Gasteiger partial charge is 0.302 e. The van der Waals surface area contributed by atoms with E-state index in [1.165, 1.54) is 0 Å². The fraction of sp³-hybridized carbons (Fsp3) is 0.350. The summed E-state index contributed by atoms with van der Waals surface area (Å²) in [7, 11) is 1.59.